The van der Waals surface area contributed by atoms with Crippen molar-refractivity contribution < 1.29 is 33.0 Å². The molecule has 242 valence electrons. The van der Waals surface area contributed by atoms with Crippen LogP contribution in [0.15, 0.2) is 42.5 Å². The first kappa shape index (κ1) is 33.6. The number of rotatable bonds is 8. The maximum absolute atomic E-state index is 15.5. The second-order valence-electron chi connectivity index (χ2n) is 12.8. The van der Waals surface area contributed by atoms with E-state index < -0.39 is 35.5 Å². The van der Waals surface area contributed by atoms with Crippen LogP contribution in [0.1, 0.15) is 65.9 Å². The normalized spacial score (nSPS) is 17.9. The Morgan fingerprint density at radius 1 is 1.02 bits per heavy atom. The van der Waals surface area contributed by atoms with Gasteiger partial charge in [-0.25, -0.2) is 14.0 Å². The number of alkyl carbamates (subject to hydrolysis) is 1. The molecule has 0 saturated carbocycles. The highest BCUT2D eigenvalue weighted by molar-refractivity contribution is 5.87. The number of hydrogen-bond donors (Lipinski definition) is 1. The molecule has 4 rings (SSSR count). The van der Waals surface area contributed by atoms with Crippen LogP contribution < -0.4 is 10.1 Å². The number of hydrogen-bond acceptors (Lipinski definition) is 7. The van der Waals surface area contributed by atoms with Gasteiger partial charge in [-0.15, -0.1) is 0 Å². The van der Waals surface area contributed by atoms with Crippen molar-refractivity contribution in [2.75, 3.05) is 19.6 Å². The summed E-state index contributed by atoms with van der Waals surface area (Å²) in [5.41, 5.74) is 0.901. The van der Waals surface area contributed by atoms with Crippen LogP contribution in [0.2, 0.25) is 0 Å². The summed E-state index contributed by atoms with van der Waals surface area (Å²) in [5, 5.41) is 12.1. The molecule has 2 aliphatic heterocycles. The van der Waals surface area contributed by atoms with Gasteiger partial charge in [0.15, 0.2) is 0 Å². The van der Waals surface area contributed by atoms with Crippen LogP contribution in [0.4, 0.5) is 14.0 Å². The van der Waals surface area contributed by atoms with E-state index in [1.807, 2.05) is 38.1 Å². The highest BCUT2D eigenvalue weighted by Crippen LogP contribution is 2.27. The minimum atomic E-state index is -1.10. The predicted molar refractivity (Wildman–Crippen MR) is 166 cm³/mol. The van der Waals surface area contributed by atoms with Crippen molar-refractivity contribution in [1.29, 1.82) is 5.26 Å². The lowest BCUT2D eigenvalue weighted by Crippen LogP contribution is -2.51. The average Bonchev–Trinajstić information content (AvgIpc) is 3.46. The van der Waals surface area contributed by atoms with E-state index in [1.165, 1.54) is 11.0 Å². The Hall–Kier alpha value is -4.33. The molecule has 2 aliphatic rings. The van der Waals surface area contributed by atoms with Crippen molar-refractivity contribution in [3.63, 3.8) is 0 Å². The van der Waals surface area contributed by atoms with Gasteiger partial charge in [-0.2, -0.15) is 5.26 Å². The number of carbonyl (C=O) groups is 3. The predicted octanol–water partition coefficient (Wildman–Crippen LogP) is 5.83. The molecule has 3 amide bonds. The van der Waals surface area contributed by atoms with Crippen molar-refractivity contribution >= 4 is 18.1 Å². The first-order chi connectivity index (χ1) is 21.3. The third-order valence-corrected chi connectivity index (χ3v) is 7.68. The molecule has 0 spiro atoms. The Kier molecular flexibility index (Phi) is 10.9. The molecule has 45 heavy (non-hydrogen) atoms. The van der Waals surface area contributed by atoms with Crippen LogP contribution in [0, 0.1) is 17.1 Å². The monoisotopic (exact) mass is 622 g/mol. The van der Waals surface area contributed by atoms with Crippen molar-refractivity contribution in [2.24, 2.45) is 0 Å². The summed E-state index contributed by atoms with van der Waals surface area (Å²) in [5.74, 6) is -0.269. The minimum absolute atomic E-state index is 0.0235. The maximum Gasteiger partial charge on any atom is 0.410 e. The molecule has 10 nitrogen and oxygen atoms in total. The minimum Gasteiger partial charge on any atom is -0.490 e. The SMILES string of the molecule is CC(C)OC(=O)N1CCC(Oc2ccc(-c3ccc(CC(NC(=O)OC(C)(C)C)C(=O)N4CCC[C@H]4C#N)c(F)c3)cc2)CC1. The van der Waals surface area contributed by atoms with E-state index in [0.29, 0.717) is 56.6 Å². The van der Waals surface area contributed by atoms with Gasteiger partial charge < -0.3 is 29.3 Å². The Morgan fingerprint density at radius 2 is 1.69 bits per heavy atom. The molecule has 2 atom stereocenters. The molecule has 0 radical (unpaired) electrons. The van der Waals surface area contributed by atoms with E-state index in [4.69, 9.17) is 14.2 Å². The summed E-state index contributed by atoms with van der Waals surface area (Å²) in [4.78, 5) is 41.3. The summed E-state index contributed by atoms with van der Waals surface area (Å²) in [6.45, 7) is 10.3. The zero-order valence-corrected chi connectivity index (χ0v) is 26.7. The second kappa shape index (κ2) is 14.6. The van der Waals surface area contributed by atoms with Gasteiger partial charge in [0.05, 0.1) is 12.2 Å². The van der Waals surface area contributed by atoms with Gasteiger partial charge in [0.1, 0.15) is 35.4 Å². The summed E-state index contributed by atoms with van der Waals surface area (Å²) in [7, 11) is 0. The van der Waals surface area contributed by atoms with Crippen LogP contribution in [0.3, 0.4) is 0 Å². The maximum atomic E-state index is 15.5. The van der Waals surface area contributed by atoms with E-state index in [-0.39, 0.29) is 30.3 Å². The van der Waals surface area contributed by atoms with Crippen LogP contribution in [-0.2, 0) is 20.7 Å². The zero-order chi connectivity index (χ0) is 32.7. The van der Waals surface area contributed by atoms with Gasteiger partial charge in [0.25, 0.3) is 0 Å². The second-order valence-corrected chi connectivity index (χ2v) is 12.8. The Labute approximate surface area is 264 Å². The fourth-order valence-corrected chi connectivity index (χ4v) is 5.48. The molecule has 1 N–H and O–H groups in total. The lowest BCUT2D eigenvalue weighted by atomic mass is 9.99. The largest absolute Gasteiger partial charge is 0.490 e. The number of nitriles is 1. The molecule has 0 bridgehead atoms. The van der Waals surface area contributed by atoms with Gasteiger partial charge in [-0.1, -0.05) is 24.3 Å². The highest BCUT2D eigenvalue weighted by atomic mass is 19.1. The highest BCUT2D eigenvalue weighted by Gasteiger charge is 2.35. The molecule has 0 aromatic heterocycles. The molecule has 2 heterocycles. The van der Waals surface area contributed by atoms with E-state index in [0.717, 1.165) is 5.56 Å². The molecular weight excluding hydrogens is 579 g/mol. The average molecular weight is 623 g/mol. The van der Waals surface area contributed by atoms with Crippen molar-refractivity contribution in [1.82, 2.24) is 15.1 Å². The lowest BCUT2D eigenvalue weighted by molar-refractivity contribution is -0.133. The van der Waals surface area contributed by atoms with Gasteiger partial charge in [0, 0.05) is 38.9 Å². The van der Waals surface area contributed by atoms with Gasteiger partial charge in [0.2, 0.25) is 5.91 Å². The van der Waals surface area contributed by atoms with Crippen LogP contribution in [0.25, 0.3) is 11.1 Å². The van der Waals surface area contributed by atoms with E-state index >= 15 is 4.39 Å². The van der Waals surface area contributed by atoms with E-state index in [2.05, 4.69) is 11.4 Å². The Morgan fingerprint density at radius 3 is 2.29 bits per heavy atom. The third-order valence-electron chi connectivity index (χ3n) is 7.68. The van der Waals surface area contributed by atoms with Crippen molar-refractivity contribution in [3.05, 3.63) is 53.8 Å². The fourth-order valence-electron chi connectivity index (χ4n) is 5.48. The van der Waals surface area contributed by atoms with Crippen LogP contribution in [-0.4, -0.2) is 77.4 Å². The topological polar surface area (TPSA) is 121 Å². The summed E-state index contributed by atoms with van der Waals surface area (Å²) in [6.07, 6.45) is 1.27. The zero-order valence-electron chi connectivity index (χ0n) is 26.7. The number of piperidine rings is 1. The number of carbonyl (C=O) groups excluding carboxylic acids is 3. The molecule has 2 aromatic rings. The van der Waals surface area contributed by atoms with Crippen molar-refractivity contribution in [3.8, 4) is 22.9 Å². The van der Waals surface area contributed by atoms with Gasteiger partial charge in [-0.05, 0) is 82.3 Å². The summed E-state index contributed by atoms with van der Waals surface area (Å²) < 4.78 is 32.2. The fraction of sp³-hybridized carbons (Fsp3) is 0.529. The van der Waals surface area contributed by atoms with Gasteiger partial charge in [-0.3, -0.25) is 4.79 Å². The van der Waals surface area contributed by atoms with Crippen LogP contribution in [0.5, 0.6) is 5.75 Å². The molecule has 2 aromatic carbocycles. The number of halogens is 1. The van der Waals surface area contributed by atoms with E-state index in [9.17, 15) is 19.6 Å². The molecule has 2 fully saturated rings. The number of nitrogens with zero attached hydrogens (tertiary/aromatic N) is 3. The summed E-state index contributed by atoms with van der Waals surface area (Å²) >= 11 is 0. The molecule has 1 unspecified atom stereocenters. The first-order valence-electron chi connectivity index (χ1n) is 15.5. The van der Waals surface area contributed by atoms with Crippen LogP contribution >= 0.6 is 0 Å². The lowest BCUT2D eigenvalue weighted by Gasteiger charge is -2.32. The Bertz CT molecular complexity index is 1390. The molecular formula is C34H43FN4O6. The smallest absolute Gasteiger partial charge is 0.410 e. The van der Waals surface area contributed by atoms with Crippen molar-refractivity contribution in [2.45, 2.75) is 96.6 Å². The summed E-state index contributed by atoms with van der Waals surface area (Å²) in [6, 6.07) is 12.6. The number of benzene rings is 2. The molecule has 0 aliphatic carbocycles. The first-order valence-corrected chi connectivity index (χ1v) is 15.5. The van der Waals surface area contributed by atoms with Gasteiger partial charge >= 0.3 is 12.2 Å². The van der Waals surface area contributed by atoms with E-state index in [1.54, 1.807) is 37.8 Å². The molecule has 11 heteroatoms. The molecule has 2 saturated heterocycles. The quantitative estimate of drug-likeness (QED) is 0.393. The third kappa shape index (κ3) is 9.33. The number of likely N-dealkylation sites (tertiary alicyclic amines) is 2. The number of nitrogens with one attached hydrogen (secondary N) is 1. The standard InChI is InChI=1S/C34H43FN4O6/c1-22(2)43-33(42)38-17-14-28(15-18-38)44-27-12-10-23(11-13-27)24-8-9-25(29(35)19-24)20-30(37-32(41)45-34(3,4)5)31(40)39-16-6-7-26(39)21-36/h8-13,19,22,26,28,30H,6-7,14-18,20H2,1-5H3,(H,37,41)/t26-,30?/m0/s1. The number of amides is 3. The number of ether oxygens (including phenoxy) is 3. The Balaban J connectivity index is 1.40.